The fourth-order valence-corrected chi connectivity index (χ4v) is 4.49. The third kappa shape index (κ3) is 3.31. The number of amides is 1. The van der Waals surface area contributed by atoms with E-state index in [1.54, 1.807) is 0 Å². The molecule has 0 spiro atoms. The monoisotopic (exact) mass is 390 g/mol. The molecule has 1 fully saturated rings. The summed E-state index contributed by atoms with van der Waals surface area (Å²) in [6.07, 6.45) is 1.78. The molecule has 1 aliphatic rings. The molecule has 0 atom stereocenters. The molecule has 0 radical (unpaired) electrons. The molecule has 1 N–H and O–H groups in total. The van der Waals surface area contributed by atoms with Crippen molar-refractivity contribution in [2.45, 2.75) is 38.1 Å². The maximum absolute atomic E-state index is 13.3. The summed E-state index contributed by atoms with van der Waals surface area (Å²) in [4.78, 5) is 27.3. The van der Waals surface area contributed by atoms with E-state index in [1.807, 2.05) is 65.6 Å². The van der Waals surface area contributed by atoms with E-state index in [4.69, 9.17) is 0 Å². The number of hydrogen-bond donors (Lipinski definition) is 1. The van der Waals surface area contributed by atoms with Gasteiger partial charge in [0.05, 0.1) is 5.41 Å². The summed E-state index contributed by atoms with van der Waals surface area (Å²) in [7, 11) is 0. The number of hydrogen-bond acceptors (Lipinski definition) is 2. The third-order valence-electron chi connectivity index (χ3n) is 6.12. The minimum absolute atomic E-state index is 0.0123. The number of benzene rings is 2. The van der Waals surface area contributed by atoms with Crippen molar-refractivity contribution in [3.63, 3.8) is 0 Å². The highest BCUT2D eigenvalue weighted by Gasteiger charge is 2.44. The van der Waals surface area contributed by atoms with E-state index >= 15 is 0 Å². The van der Waals surface area contributed by atoms with Crippen LogP contribution in [0, 0.1) is 0 Å². The SMILES string of the molecule is CCCn1c(C(=O)N2CCC(C(=O)O)(c3ccccc3)CC2)cc2ccccc21. The van der Waals surface area contributed by atoms with Crippen molar-refractivity contribution in [2.75, 3.05) is 13.1 Å². The molecule has 0 bridgehead atoms. The van der Waals surface area contributed by atoms with Gasteiger partial charge in [-0.3, -0.25) is 9.59 Å². The zero-order chi connectivity index (χ0) is 20.4. The van der Waals surface area contributed by atoms with Gasteiger partial charge in [-0.2, -0.15) is 0 Å². The van der Waals surface area contributed by atoms with Gasteiger partial charge in [0, 0.05) is 30.5 Å². The van der Waals surface area contributed by atoms with Gasteiger partial charge in [-0.25, -0.2) is 0 Å². The highest BCUT2D eigenvalue weighted by molar-refractivity contribution is 5.99. The normalized spacial score (nSPS) is 16.1. The molecule has 2 heterocycles. The van der Waals surface area contributed by atoms with Crippen molar-refractivity contribution in [1.29, 1.82) is 0 Å². The molecule has 2 aromatic carbocycles. The summed E-state index contributed by atoms with van der Waals surface area (Å²) in [6, 6.07) is 19.4. The topological polar surface area (TPSA) is 62.5 Å². The summed E-state index contributed by atoms with van der Waals surface area (Å²) >= 11 is 0. The number of carboxylic acid groups (broad SMARTS) is 1. The van der Waals surface area contributed by atoms with E-state index in [0.29, 0.717) is 31.6 Å². The second-order valence-electron chi connectivity index (χ2n) is 7.79. The predicted molar refractivity (Wildman–Crippen MR) is 113 cm³/mol. The van der Waals surface area contributed by atoms with Gasteiger partial charge in [0.2, 0.25) is 0 Å². The van der Waals surface area contributed by atoms with Crippen molar-refractivity contribution >= 4 is 22.8 Å². The fourth-order valence-electron chi connectivity index (χ4n) is 4.49. The molecule has 1 amide bonds. The molecular weight excluding hydrogens is 364 g/mol. The van der Waals surface area contributed by atoms with Gasteiger partial charge in [0.1, 0.15) is 5.69 Å². The number of carbonyl (C=O) groups is 2. The maximum Gasteiger partial charge on any atom is 0.314 e. The first kappa shape index (κ1) is 19.2. The highest BCUT2D eigenvalue weighted by atomic mass is 16.4. The zero-order valence-corrected chi connectivity index (χ0v) is 16.7. The van der Waals surface area contributed by atoms with Crippen molar-refractivity contribution < 1.29 is 14.7 Å². The zero-order valence-electron chi connectivity index (χ0n) is 16.7. The Labute approximate surface area is 170 Å². The maximum atomic E-state index is 13.3. The number of likely N-dealkylation sites (tertiary alicyclic amines) is 1. The van der Waals surface area contributed by atoms with Crippen LogP contribution in [0.4, 0.5) is 0 Å². The van der Waals surface area contributed by atoms with Crippen LogP contribution >= 0.6 is 0 Å². The van der Waals surface area contributed by atoms with Gasteiger partial charge >= 0.3 is 5.97 Å². The number of nitrogens with zero attached hydrogens (tertiary/aromatic N) is 2. The lowest BCUT2D eigenvalue weighted by molar-refractivity contribution is -0.145. The second kappa shape index (κ2) is 7.74. The Morgan fingerprint density at radius 1 is 1.00 bits per heavy atom. The molecule has 4 rings (SSSR count). The van der Waals surface area contributed by atoms with Crippen molar-refractivity contribution in [2.24, 2.45) is 0 Å². The molecule has 29 heavy (non-hydrogen) atoms. The molecule has 5 nitrogen and oxygen atoms in total. The van der Waals surface area contributed by atoms with Gasteiger partial charge in [-0.15, -0.1) is 0 Å². The quantitative estimate of drug-likeness (QED) is 0.706. The lowest BCUT2D eigenvalue weighted by Crippen LogP contribution is -2.49. The predicted octanol–water partition coefficient (Wildman–Crippen LogP) is 4.31. The number of para-hydroxylation sites is 1. The molecule has 1 aromatic heterocycles. The number of aliphatic carboxylic acids is 1. The number of aryl methyl sites for hydroxylation is 1. The molecule has 3 aromatic rings. The summed E-state index contributed by atoms with van der Waals surface area (Å²) in [6.45, 7) is 3.76. The van der Waals surface area contributed by atoms with Crippen LogP contribution in [-0.4, -0.2) is 39.5 Å². The number of carbonyl (C=O) groups excluding carboxylic acids is 1. The first-order chi connectivity index (χ1) is 14.1. The summed E-state index contributed by atoms with van der Waals surface area (Å²) in [5, 5.41) is 11.0. The fraction of sp³-hybridized carbons (Fsp3) is 0.333. The Hall–Kier alpha value is -3.08. The number of aromatic nitrogens is 1. The van der Waals surface area contributed by atoms with Crippen molar-refractivity contribution in [3.05, 3.63) is 71.9 Å². The molecule has 1 aliphatic heterocycles. The number of fused-ring (bicyclic) bond motifs is 1. The molecule has 1 saturated heterocycles. The number of carboxylic acids is 1. The van der Waals surface area contributed by atoms with E-state index in [0.717, 1.165) is 29.4 Å². The Bertz CT molecular complexity index is 1030. The lowest BCUT2D eigenvalue weighted by atomic mass is 9.73. The second-order valence-corrected chi connectivity index (χ2v) is 7.79. The molecule has 5 heteroatoms. The van der Waals surface area contributed by atoms with Crippen molar-refractivity contribution in [1.82, 2.24) is 9.47 Å². The van der Waals surface area contributed by atoms with E-state index in [1.165, 1.54) is 0 Å². The van der Waals surface area contributed by atoms with E-state index in [9.17, 15) is 14.7 Å². The van der Waals surface area contributed by atoms with Gasteiger partial charge in [0.25, 0.3) is 5.91 Å². The summed E-state index contributed by atoms with van der Waals surface area (Å²) in [5.74, 6) is -0.822. The van der Waals surface area contributed by atoms with Crippen LogP contribution in [0.25, 0.3) is 10.9 Å². The van der Waals surface area contributed by atoms with E-state index in [2.05, 4.69) is 11.5 Å². The van der Waals surface area contributed by atoms with Crippen LogP contribution < -0.4 is 0 Å². The average Bonchev–Trinajstić information content (AvgIpc) is 3.13. The van der Waals surface area contributed by atoms with Crippen LogP contribution in [0.3, 0.4) is 0 Å². The van der Waals surface area contributed by atoms with Crippen LogP contribution in [-0.2, 0) is 16.8 Å². The van der Waals surface area contributed by atoms with Crippen LogP contribution in [0.1, 0.15) is 42.2 Å². The standard InChI is InChI=1S/C24H26N2O3/c1-2-14-26-20-11-7-6-8-18(20)17-21(26)22(27)25-15-12-24(13-16-25,23(28)29)19-9-4-3-5-10-19/h3-11,17H,2,12-16H2,1H3,(H,28,29). The molecule has 150 valence electrons. The van der Waals surface area contributed by atoms with Crippen LogP contribution in [0.15, 0.2) is 60.7 Å². The van der Waals surface area contributed by atoms with Gasteiger partial charge in [-0.1, -0.05) is 55.5 Å². The number of rotatable bonds is 5. The minimum atomic E-state index is -0.922. The van der Waals surface area contributed by atoms with Crippen molar-refractivity contribution in [3.8, 4) is 0 Å². The van der Waals surface area contributed by atoms with E-state index < -0.39 is 11.4 Å². The van der Waals surface area contributed by atoms with Crippen LogP contribution in [0.2, 0.25) is 0 Å². The third-order valence-corrected chi connectivity index (χ3v) is 6.12. The first-order valence-electron chi connectivity index (χ1n) is 10.2. The average molecular weight is 390 g/mol. The molecule has 0 aliphatic carbocycles. The number of piperidine rings is 1. The van der Waals surface area contributed by atoms with Crippen LogP contribution in [0.5, 0.6) is 0 Å². The molecule has 0 saturated carbocycles. The first-order valence-corrected chi connectivity index (χ1v) is 10.2. The van der Waals surface area contributed by atoms with E-state index in [-0.39, 0.29) is 5.91 Å². The highest BCUT2D eigenvalue weighted by Crippen LogP contribution is 2.36. The summed E-state index contributed by atoms with van der Waals surface area (Å²) < 4.78 is 2.09. The minimum Gasteiger partial charge on any atom is -0.481 e. The smallest absolute Gasteiger partial charge is 0.314 e. The van der Waals surface area contributed by atoms with Gasteiger partial charge < -0.3 is 14.6 Å². The molecular formula is C24H26N2O3. The lowest BCUT2D eigenvalue weighted by Gasteiger charge is -2.39. The summed E-state index contributed by atoms with van der Waals surface area (Å²) in [5.41, 5.74) is 1.66. The van der Waals surface area contributed by atoms with Gasteiger partial charge in [0.15, 0.2) is 0 Å². The largest absolute Gasteiger partial charge is 0.481 e. The molecule has 0 unspecified atom stereocenters. The van der Waals surface area contributed by atoms with Gasteiger partial charge in [-0.05, 0) is 37.0 Å². The Morgan fingerprint density at radius 2 is 1.66 bits per heavy atom. The Kier molecular flexibility index (Phi) is 5.14. The Morgan fingerprint density at radius 3 is 2.31 bits per heavy atom. The Balaban J connectivity index is 1.60.